The van der Waals surface area contributed by atoms with Crippen LogP contribution in [0.25, 0.3) is 11.0 Å². The third kappa shape index (κ3) is 2.54. The predicted octanol–water partition coefficient (Wildman–Crippen LogP) is 3.45. The summed E-state index contributed by atoms with van der Waals surface area (Å²) in [6.07, 6.45) is 5.25. The van der Waals surface area contributed by atoms with E-state index in [0.29, 0.717) is 0 Å². The van der Waals surface area contributed by atoms with Crippen molar-refractivity contribution in [2.75, 3.05) is 11.4 Å². The second-order valence-corrected chi connectivity index (χ2v) is 7.03. The number of hydrogen-bond donors (Lipinski definition) is 2. The first kappa shape index (κ1) is 15.4. The molecule has 1 aliphatic heterocycles. The average molecular weight is 342 g/mol. The number of aromatic amines is 1. The Balaban J connectivity index is 1.63. The number of halogens is 1. The number of nitrogens with zero attached hydrogens (tertiary/aromatic N) is 3. The molecule has 124 valence electrons. The highest BCUT2D eigenvalue weighted by molar-refractivity contribution is 6.30. The number of piperidine rings is 1. The van der Waals surface area contributed by atoms with Crippen molar-refractivity contribution >= 4 is 28.5 Å². The molecule has 0 saturated carbocycles. The quantitative estimate of drug-likeness (QED) is 0.749. The van der Waals surface area contributed by atoms with E-state index in [1.54, 1.807) is 6.33 Å². The summed E-state index contributed by atoms with van der Waals surface area (Å²) < 4.78 is 0. The van der Waals surface area contributed by atoms with Gasteiger partial charge in [0.25, 0.3) is 0 Å². The maximum absolute atomic E-state index is 6.75. The summed E-state index contributed by atoms with van der Waals surface area (Å²) >= 11 is 6.01. The van der Waals surface area contributed by atoms with Crippen molar-refractivity contribution in [2.45, 2.75) is 31.3 Å². The van der Waals surface area contributed by atoms with Crippen molar-refractivity contribution in [2.24, 2.45) is 5.73 Å². The van der Waals surface area contributed by atoms with Crippen LogP contribution in [0.15, 0.2) is 42.9 Å². The van der Waals surface area contributed by atoms with Gasteiger partial charge in [-0.1, -0.05) is 23.7 Å². The standard InChI is InChI=1S/C18H20ClN5/c1-12-10-18(20,13-2-4-14(19)5-3-13)7-9-24(12)17-15-6-8-21-16(15)22-11-23-17/h2-6,8,11-12H,7,9-10,20H2,1H3,(H,21,22,23)/t12-,18-/m1/s1. The zero-order valence-corrected chi connectivity index (χ0v) is 14.3. The van der Waals surface area contributed by atoms with Gasteiger partial charge in [0.15, 0.2) is 0 Å². The molecule has 3 N–H and O–H groups in total. The SMILES string of the molecule is C[C@@H]1C[C@@](N)(c2ccc(Cl)cc2)CCN1c1ncnc2[nH]ccc12. The lowest BCUT2D eigenvalue weighted by atomic mass is 9.79. The third-order valence-electron chi connectivity index (χ3n) is 5.01. The molecule has 6 heteroatoms. The van der Waals surface area contributed by atoms with E-state index in [2.05, 4.69) is 26.8 Å². The van der Waals surface area contributed by atoms with Gasteiger partial charge in [-0.25, -0.2) is 9.97 Å². The maximum atomic E-state index is 6.75. The van der Waals surface area contributed by atoms with Crippen LogP contribution in [0.2, 0.25) is 5.02 Å². The zero-order valence-electron chi connectivity index (χ0n) is 13.5. The number of H-pyrrole nitrogens is 1. The molecule has 4 rings (SSSR count). The lowest BCUT2D eigenvalue weighted by molar-refractivity contribution is 0.299. The monoisotopic (exact) mass is 341 g/mol. The Bertz CT molecular complexity index is 859. The van der Waals surface area contributed by atoms with Crippen LogP contribution >= 0.6 is 11.6 Å². The summed E-state index contributed by atoms with van der Waals surface area (Å²) in [4.78, 5) is 14.3. The average Bonchev–Trinajstić information content (AvgIpc) is 3.04. The van der Waals surface area contributed by atoms with Crippen LogP contribution < -0.4 is 10.6 Å². The lowest BCUT2D eigenvalue weighted by Crippen LogP contribution is -2.52. The number of anilines is 1. The zero-order chi connectivity index (χ0) is 16.7. The number of nitrogens with one attached hydrogen (secondary N) is 1. The molecule has 0 unspecified atom stereocenters. The van der Waals surface area contributed by atoms with E-state index < -0.39 is 0 Å². The first-order valence-electron chi connectivity index (χ1n) is 8.16. The van der Waals surface area contributed by atoms with E-state index >= 15 is 0 Å². The summed E-state index contributed by atoms with van der Waals surface area (Å²) in [5.41, 5.74) is 8.43. The molecule has 2 aromatic heterocycles. The molecule has 3 heterocycles. The molecule has 0 bridgehead atoms. The normalized spacial score (nSPS) is 24.5. The lowest BCUT2D eigenvalue weighted by Gasteiger charge is -2.44. The Morgan fingerprint density at radius 3 is 2.79 bits per heavy atom. The van der Waals surface area contributed by atoms with Crippen molar-refractivity contribution in [3.63, 3.8) is 0 Å². The minimum absolute atomic E-state index is 0.285. The second kappa shape index (κ2) is 5.76. The Kier molecular flexibility index (Phi) is 3.70. The van der Waals surface area contributed by atoms with Crippen molar-refractivity contribution < 1.29 is 0 Å². The van der Waals surface area contributed by atoms with E-state index in [9.17, 15) is 0 Å². The Morgan fingerprint density at radius 2 is 2.04 bits per heavy atom. The first-order chi connectivity index (χ1) is 11.6. The number of benzene rings is 1. The van der Waals surface area contributed by atoms with Crippen LogP contribution in [0.1, 0.15) is 25.3 Å². The molecular weight excluding hydrogens is 322 g/mol. The smallest absolute Gasteiger partial charge is 0.142 e. The van der Waals surface area contributed by atoms with E-state index in [-0.39, 0.29) is 11.6 Å². The topological polar surface area (TPSA) is 70.8 Å². The van der Waals surface area contributed by atoms with Gasteiger partial charge in [0, 0.05) is 29.3 Å². The summed E-state index contributed by atoms with van der Waals surface area (Å²) in [7, 11) is 0. The predicted molar refractivity (Wildman–Crippen MR) is 97.2 cm³/mol. The Morgan fingerprint density at radius 1 is 1.25 bits per heavy atom. The molecular formula is C18H20ClN5. The van der Waals surface area contributed by atoms with Crippen molar-refractivity contribution in [3.8, 4) is 0 Å². The molecule has 24 heavy (non-hydrogen) atoms. The molecule has 0 spiro atoms. The molecule has 1 fully saturated rings. The van der Waals surface area contributed by atoms with Crippen molar-refractivity contribution in [3.05, 3.63) is 53.4 Å². The van der Waals surface area contributed by atoms with Crippen LogP contribution in [0.3, 0.4) is 0 Å². The van der Waals surface area contributed by atoms with Gasteiger partial charge in [-0.2, -0.15) is 0 Å². The van der Waals surface area contributed by atoms with E-state index in [0.717, 1.165) is 46.8 Å². The number of rotatable bonds is 2. The minimum atomic E-state index is -0.329. The van der Waals surface area contributed by atoms with Crippen LogP contribution in [0.4, 0.5) is 5.82 Å². The van der Waals surface area contributed by atoms with Gasteiger partial charge in [-0.3, -0.25) is 0 Å². The Hall–Kier alpha value is -2.11. The van der Waals surface area contributed by atoms with E-state index in [1.807, 2.05) is 36.5 Å². The molecule has 0 aliphatic carbocycles. The maximum Gasteiger partial charge on any atom is 0.142 e. The highest BCUT2D eigenvalue weighted by Gasteiger charge is 2.37. The second-order valence-electron chi connectivity index (χ2n) is 6.60. The van der Waals surface area contributed by atoms with Gasteiger partial charge < -0.3 is 15.6 Å². The molecule has 1 saturated heterocycles. The van der Waals surface area contributed by atoms with Crippen molar-refractivity contribution in [1.82, 2.24) is 15.0 Å². The number of aromatic nitrogens is 3. The minimum Gasteiger partial charge on any atom is -0.353 e. The molecule has 2 atom stereocenters. The molecule has 3 aromatic rings. The highest BCUT2D eigenvalue weighted by atomic mass is 35.5. The van der Waals surface area contributed by atoms with Crippen LogP contribution in [0.5, 0.6) is 0 Å². The fourth-order valence-corrected chi connectivity index (χ4v) is 3.85. The number of hydrogen-bond acceptors (Lipinski definition) is 4. The Labute approximate surface area is 145 Å². The van der Waals surface area contributed by atoms with Gasteiger partial charge in [0.1, 0.15) is 17.8 Å². The molecule has 0 radical (unpaired) electrons. The largest absolute Gasteiger partial charge is 0.353 e. The summed E-state index contributed by atoms with van der Waals surface area (Å²) in [6, 6.07) is 10.2. The molecule has 0 amide bonds. The van der Waals surface area contributed by atoms with Crippen LogP contribution in [-0.2, 0) is 5.54 Å². The summed E-state index contributed by atoms with van der Waals surface area (Å²) in [5.74, 6) is 0.979. The van der Waals surface area contributed by atoms with E-state index in [1.165, 1.54) is 0 Å². The molecule has 1 aromatic carbocycles. The van der Waals surface area contributed by atoms with Gasteiger partial charge in [0.05, 0.1) is 5.39 Å². The first-order valence-corrected chi connectivity index (χ1v) is 8.54. The van der Waals surface area contributed by atoms with Crippen molar-refractivity contribution in [1.29, 1.82) is 0 Å². The van der Waals surface area contributed by atoms with Crippen LogP contribution in [0, 0.1) is 0 Å². The number of fused-ring (bicyclic) bond motifs is 1. The van der Waals surface area contributed by atoms with Gasteiger partial charge in [-0.05, 0) is 43.5 Å². The molecule has 1 aliphatic rings. The summed E-state index contributed by atoms with van der Waals surface area (Å²) in [5, 5.41) is 1.80. The van der Waals surface area contributed by atoms with Gasteiger partial charge in [0.2, 0.25) is 0 Å². The van der Waals surface area contributed by atoms with E-state index in [4.69, 9.17) is 17.3 Å². The third-order valence-corrected chi connectivity index (χ3v) is 5.27. The van der Waals surface area contributed by atoms with Crippen LogP contribution in [-0.4, -0.2) is 27.5 Å². The number of nitrogens with two attached hydrogens (primary N) is 1. The fraction of sp³-hybridized carbons (Fsp3) is 0.333. The highest BCUT2D eigenvalue weighted by Crippen LogP contribution is 2.37. The fourth-order valence-electron chi connectivity index (χ4n) is 3.73. The van der Waals surface area contributed by atoms with Gasteiger partial charge in [-0.15, -0.1) is 0 Å². The molecule has 5 nitrogen and oxygen atoms in total. The van der Waals surface area contributed by atoms with Gasteiger partial charge >= 0.3 is 0 Å². The summed E-state index contributed by atoms with van der Waals surface area (Å²) in [6.45, 7) is 3.06.